The molecule has 12 heteroatoms. The lowest BCUT2D eigenvalue weighted by Crippen LogP contribution is -2.43. The van der Waals surface area contributed by atoms with E-state index in [1.807, 2.05) is 0 Å². The predicted octanol–water partition coefficient (Wildman–Crippen LogP) is 4.72. The smallest absolute Gasteiger partial charge is 0.319 e. The number of halogens is 4. The quantitative estimate of drug-likeness (QED) is 0.321. The van der Waals surface area contributed by atoms with Gasteiger partial charge >= 0.3 is 6.01 Å². The van der Waals surface area contributed by atoms with Gasteiger partial charge in [-0.2, -0.15) is 9.97 Å². The lowest BCUT2D eigenvalue weighted by atomic mass is 9.95. The van der Waals surface area contributed by atoms with Gasteiger partial charge in [-0.3, -0.25) is 9.88 Å². The van der Waals surface area contributed by atoms with Gasteiger partial charge < -0.3 is 20.1 Å². The minimum absolute atomic E-state index is 0.0370. The molecule has 0 spiro atoms. The number of nitrogens with one attached hydrogen (secondary N) is 1. The fourth-order valence-corrected chi connectivity index (χ4v) is 7.75. The number of phenols is 1. The molecule has 4 aliphatic heterocycles. The Bertz CT molecular complexity index is 1760. The van der Waals surface area contributed by atoms with Crippen LogP contribution in [-0.4, -0.2) is 82.0 Å². The first-order valence-electron chi connectivity index (χ1n) is 14.8. The van der Waals surface area contributed by atoms with Crippen molar-refractivity contribution in [2.45, 2.75) is 43.4 Å². The second-order valence-electron chi connectivity index (χ2n) is 12.3. The maximum absolute atomic E-state index is 16.5. The molecule has 2 aromatic carbocycles. The number of pyridine rings is 1. The molecule has 0 aliphatic carbocycles. The van der Waals surface area contributed by atoms with Crippen LogP contribution in [0.25, 0.3) is 32.9 Å². The van der Waals surface area contributed by atoms with E-state index in [9.17, 15) is 13.9 Å². The van der Waals surface area contributed by atoms with Crippen LogP contribution in [-0.2, 0) is 0 Å². The minimum atomic E-state index is -1.17. The van der Waals surface area contributed by atoms with Gasteiger partial charge in [0.2, 0.25) is 0 Å². The van der Waals surface area contributed by atoms with E-state index in [1.165, 1.54) is 18.3 Å². The fourth-order valence-electron chi connectivity index (χ4n) is 7.75. The number of aromatic nitrogens is 3. The van der Waals surface area contributed by atoms with Crippen LogP contribution >= 0.6 is 0 Å². The zero-order valence-corrected chi connectivity index (χ0v) is 23.3. The van der Waals surface area contributed by atoms with Gasteiger partial charge in [0.05, 0.1) is 10.9 Å². The summed E-state index contributed by atoms with van der Waals surface area (Å²) in [5, 5.41) is 14.2. The van der Waals surface area contributed by atoms with E-state index in [2.05, 4.69) is 25.1 Å². The van der Waals surface area contributed by atoms with Crippen LogP contribution in [0.15, 0.2) is 30.5 Å². The second kappa shape index (κ2) is 9.88. The van der Waals surface area contributed by atoms with E-state index in [-0.39, 0.29) is 52.0 Å². The molecule has 2 unspecified atom stereocenters. The van der Waals surface area contributed by atoms with Crippen LogP contribution in [0.5, 0.6) is 11.8 Å². The number of hydrogen-bond acceptors (Lipinski definition) is 8. The standard InChI is InChI=1S/C31H30F4N6O2/c32-18-10-31(5-1-7-41(31)13-18)15-43-30-38-28-21(29(39-30)40-12-17-4-6-36-23(17)14-40)11-37-27(26(28)35)20-9-19(42)8-16-2-3-22(33)25(34)24(16)20/h2-3,8-9,11,17-18,23,36,42H,1,4-7,10,12-15H2/t17?,18-,23?,31+/m1/s1. The third kappa shape index (κ3) is 4.28. The maximum Gasteiger partial charge on any atom is 0.319 e. The van der Waals surface area contributed by atoms with E-state index >= 15 is 8.78 Å². The highest BCUT2D eigenvalue weighted by Crippen LogP contribution is 2.42. The Morgan fingerprint density at radius 2 is 1.98 bits per heavy atom. The zero-order chi connectivity index (χ0) is 29.5. The van der Waals surface area contributed by atoms with Crippen molar-refractivity contribution in [1.29, 1.82) is 0 Å². The Balaban J connectivity index is 1.26. The molecular weight excluding hydrogens is 564 g/mol. The van der Waals surface area contributed by atoms with Gasteiger partial charge in [-0.25, -0.2) is 17.6 Å². The summed E-state index contributed by atoms with van der Waals surface area (Å²) in [7, 11) is 0. The van der Waals surface area contributed by atoms with Gasteiger partial charge in [0, 0.05) is 49.2 Å². The number of phenolic OH excluding ortho intramolecular Hbond substituents is 1. The summed E-state index contributed by atoms with van der Waals surface area (Å²) >= 11 is 0. The zero-order valence-electron chi connectivity index (χ0n) is 23.3. The summed E-state index contributed by atoms with van der Waals surface area (Å²) in [6.45, 7) is 3.68. The highest BCUT2D eigenvalue weighted by atomic mass is 19.2. The topological polar surface area (TPSA) is 86.6 Å². The average Bonchev–Trinajstić information content (AvgIpc) is 3.74. The number of alkyl halides is 1. The molecule has 2 N–H and O–H groups in total. The summed E-state index contributed by atoms with van der Waals surface area (Å²) < 4.78 is 66.4. The second-order valence-corrected chi connectivity index (χ2v) is 12.3. The van der Waals surface area contributed by atoms with E-state index in [0.29, 0.717) is 36.6 Å². The number of hydrogen-bond donors (Lipinski definition) is 2. The molecule has 0 saturated carbocycles. The molecular formula is C31H30F4N6O2. The molecule has 4 saturated heterocycles. The molecule has 224 valence electrons. The van der Waals surface area contributed by atoms with Crippen molar-refractivity contribution in [2.75, 3.05) is 44.2 Å². The molecule has 6 heterocycles. The lowest BCUT2D eigenvalue weighted by molar-refractivity contribution is 0.107. The number of benzene rings is 2. The van der Waals surface area contributed by atoms with Crippen LogP contribution < -0.4 is 15.0 Å². The normalized spacial score (nSPS) is 27.0. The van der Waals surface area contributed by atoms with Gasteiger partial charge in [0.15, 0.2) is 17.5 Å². The van der Waals surface area contributed by atoms with Crippen molar-refractivity contribution < 1.29 is 27.4 Å². The number of fused-ring (bicyclic) bond motifs is 4. The number of aromatic hydroxyl groups is 1. The van der Waals surface area contributed by atoms with Crippen LogP contribution in [0.3, 0.4) is 0 Å². The molecule has 4 fully saturated rings. The molecule has 0 radical (unpaired) electrons. The highest BCUT2D eigenvalue weighted by Gasteiger charge is 2.49. The minimum Gasteiger partial charge on any atom is -0.508 e. The van der Waals surface area contributed by atoms with E-state index in [0.717, 1.165) is 51.0 Å². The monoisotopic (exact) mass is 594 g/mol. The number of nitrogens with zero attached hydrogens (tertiary/aromatic N) is 5. The molecule has 8 rings (SSSR count). The molecule has 4 atom stereocenters. The van der Waals surface area contributed by atoms with E-state index < -0.39 is 29.2 Å². The molecule has 0 amide bonds. The Morgan fingerprint density at radius 3 is 2.84 bits per heavy atom. The van der Waals surface area contributed by atoms with E-state index in [1.54, 1.807) is 0 Å². The highest BCUT2D eigenvalue weighted by molar-refractivity contribution is 6.00. The molecule has 8 nitrogen and oxygen atoms in total. The Labute approximate surface area is 244 Å². The van der Waals surface area contributed by atoms with Gasteiger partial charge in [0.25, 0.3) is 0 Å². The molecule has 43 heavy (non-hydrogen) atoms. The van der Waals surface area contributed by atoms with Crippen LogP contribution in [0.1, 0.15) is 25.7 Å². The number of ether oxygens (including phenoxy) is 1. The largest absolute Gasteiger partial charge is 0.508 e. The molecule has 4 aliphatic rings. The van der Waals surface area contributed by atoms with Crippen LogP contribution in [0.4, 0.5) is 23.4 Å². The van der Waals surface area contributed by atoms with Gasteiger partial charge in [-0.1, -0.05) is 6.07 Å². The predicted molar refractivity (Wildman–Crippen MR) is 152 cm³/mol. The van der Waals surface area contributed by atoms with Gasteiger partial charge in [0.1, 0.15) is 35.6 Å². The van der Waals surface area contributed by atoms with Crippen molar-refractivity contribution in [3.8, 4) is 23.0 Å². The summed E-state index contributed by atoms with van der Waals surface area (Å²) in [6.07, 6.45) is 3.64. The Kier molecular flexibility index (Phi) is 6.16. The first-order chi connectivity index (χ1) is 20.8. The Hall–Kier alpha value is -3.77. The molecule has 4 aromatic rings. The van der Waals surface area contributed by atoms with Crippen molar-refractivity contribution in [3.63, 3.8) is 0 Å². The fraction of sp³-hybridized carbons (Fsp3) is 0.452. The summed E-state index contributed by atoms with van der Waals surface area (Å²) in [4.78, 5) is 17.7. The summed E-state index contributed by atoms with van der Waals surface area (Å²) in [5.74, 6) is -2.49. The number of anilines is 1. The average molecular weight is 595 g/mol. The first-order valence-corrected chi connectivity index (χ1v) is 14.8. The van der Waals surface area contributed by atoms with Crippen LogP contribution in [0.2, 0.25) is 0 Å². The molecule has 0 bridgehead atoms. The van der Waals surface area contributed by atoms with E-state index in [4.69, 9.17) is 9.72 Å². The van der Waals surface area contributed by atoms with Crippen molar-refractivity contribution in [3.05, 3.63) is 47.9 Å². The summed E-state index contributed by atoms with van der Waals surface area (Å²) in [6, 6.07) is 4.96. The molecule has 2 aromatic heterocycles. The van der Waals surface area contributed by atoms with Crippen molar-refractivity contribution in [2.24, 2.45) is 5.92 Å². The van der Waals surface area contributed by atoms with Crippen LogP contribution in [0, 0.1) is 23.4 Å². The summed E-state index contributed by atoms with van der Waals surface area (Å²) in [5.41, 5.74) is -0.922. The Morgan fingerprint density at radius 1 is 1.09 bits per heavy atom. The maximum atomic E-state index is 16.5. The van der Waals surface area contributed by atoms with Crippen molar-refractivity contribution >= 4 is 27.5 Å². The van der Waals surface area contributed by atoms with Gasteiger partial charge in [-0.15, -0.1) is 0 Å². The van der Waals surface area contributed by atoms with Gasteiger partial charge in [-0.05, 0) is 61.9 Å². The third-order valence-electron chi connectivity index (χ3n) is 9.78. The first kappa shape index (κ1) is 26.8. The number of rotatable bonds is 5. The van der Waals surface area contributed by atoms with Crippen molar-refractivity contribution in [1.82, 2.24) is 25.2 Å². The lowest BCUT2D eigenvalue weighted by Gasteiger charge is -2.31. The SMILES string of the molecule is Oc1cc(-c2ncc3c(N4CC5CCNC5C4)nc(OC[C@@]45CCCN4C[C@H](F)C5)nc3c2F)c2c(F)c(F)ccc2c1. The third-order valence-corrected chi connectivity index (χ3v) is 9.78.